The van der Waals surface area contributed by atoms with Crippen molar-refractivity contribution in [2.45, 2.75) is 52.2 Å². The van der Waals surface area contributed by atoms with Crippen LogP contribution >= 0.6 is 0 Å². The quantitative estimate of drug-likeness (QED) is 0.804. The Hall–Kier alpha value is -0.650. The van der Waals surface area contributed by atoms with Crippen molar-refractivity contribution in [3.05, 3.63) is 0 Å². The van der Waals surface area contributed by atoms with E-state index in [9.17, 15) is 4.79 Å². The minimum absolute atomic E-state index is 0.00976. The van der Waals surface area contributed by atoms with Gasteiger partial charge in [-0.25, -0.2) is 0 Å². The number of likely N-dealkylation sites (N-methyl/N-ethyl adjacent to an activating group) is 1. The van der Waals surface area contributed by atoms with Gasteiger partial charge < -0.3 is 19.9 Å². The molecule has 2 atom stereocenters. The van der Waals surface area contributed by atoms with Gasteiger partial charge in [-0.2, -0.15) is 0 Å². The van der Waals surface area contributed by atoms with E-state index in [1.807, 2.05) is 0 Å². The molecule has 5 nitrogen and oxygen atoms in total. The van der Waals surface area contributed by atoms with Gasteiger partial charge in [-0.1, -0.05) is 20.8 Å². The van der Waals surface area contributed by atoms with Crippen molar-refractivity contribution >= 4 is 5.91 Å². The number of carbonyl (C=O) groups is 1. The summed E-state index contributed by atoms with van der Waals surface area (Å²) in [5.74, 6) is 0.175. The maximum Gasteiger partial charge on any atom is 0.221 e. The van der Waals surface area contributed by atoms with Crippen LogP contribution in [0.1, 0.15) is 40.5 Å². The van der Waals surface area contributed by atoms with Gasteiger partial charge in [0.1, 0.15) is 0 Å². The molecule has 1 aliphatic carbocycles. The Labute approximate surface area is 135 Å². The molecule has 1 aliphatic heterocycles. The maximum absolute atomic E-state index is 12.2. The Morgan fingerprint density at radius 2 is 1.77 bits per heavy atom. The summed E-state index contributed by atoms with van der Waals surface area (Å²) in [6.45, 7) is 15.1. The van der Waals surface area contributed by atoms with Crippen LogP contribution in [-0.2, 0) is 9.53 Å². The van der Waals surface area contributed by atoms with Crippen molar-refractivity contribution in [1.29, 1.82) is 0 Å². The minimum atomic E-state index is -0.124. The van der Waals surface area contributed by atoms with Gasteiger partial charge in [0.15, 0.2) is 0 Å². The van der Waals surface area contributed by atoms with Crippen molar-refractivity contribution in [1.82, 2.24) is 15.1 Å². The number of carbonyl (C=O) groups excluding carboxylic acids is 1. The van der Waals surface area contributed by atoms with Crippen molar-refractivity contribution in [3.8, 4) is 0 Å². The number of amides is 1. The van der Waals surface area contributed by atoms with Gasteiger partial charge in [0, 0.05) is 57.7 Å². The number of rotatable bonds is 6. The van der Waals surface area contributed by atoms with Crippen LogP contribution in [0.3, 0.4) is 0 Å². The van der Waals surface area contributed by atoms with Gasteiger partial charge in [-0.3, -0.25) is 4.79 Å². The average molecular weight is 311 g/mol. The third-order valence-electron chi connectivity index (χ3n) is 6.18. The number of methoxy groups -OCH3 is 1. The van der Waals surface area contributed by atoms with Crippen LogP contribution in [0.4, 0.5) is 0 Å². The van der Waals surface area contributed by atoms with Crippen molar-refractivity contribution in [2.75, 3.05) is 46.4 Å². The van der Waals surface area contributed by atoms with Crippen LogP contribution in [0.5, 0.6) is 0 Å². The lowest BCUT2D eigenvalue weighted by molar-refractivity contribution is -0.182. The molecule has 5 heteroatoms. The monoisotopic (exact) mass is 311 g/mol. The van der Waals surface area contributed by atoms with Crippen molar-refractivity contribution in [3.63, 3.8) is 0 Å². The molecule has 2 fully saturated rings. The fraction of sp³-hybridized carbons (Fsp3) is 0.941. The van der Waals surface area contributed by atoms with Crippen LogP contribution in [0, 0.1) is 5.41 Å². The molecule has 2 rings (SSSR count). The summed E-state index contributed by atoms with van der Waals surface area (Å²) < 4.78 is 5.61. The topological polar surface area (TPSA) is 44.8 Å². The summed E-state index contributed by atoms with van der Waals surface area (Å²) in [6, 6.07) is 0.224. The van der Waals surface area contributed by atoms with E-state index in [1.165, 1.54) is 0 Å². The summed E-state index contributed by atoms with van der Waals surface area (Å²) in [7, 11) is 1.76. The molecule has 0 radical (unpaired) electrons. The average Bonchev–Trinajstić information content (AvgIpc) is 2.52. The summed E-state index contributed by atoms with van der Waals surface area (Å²) in [6.07, 6.45) is 1.50. The Morgan fingerprint density at radius 3 is 2.27 bits per heavy atom. The summed E-state index contributed by atoms with van der Waals surface area (Å²) in [5.41, 5.74) is -0.133. The van der Waals surface area contributed by atoms with Gasteiger partial charge in [-0.05, 0) is 19.9 Å². The summed E-state index contributed by atoms with van der Waals surface area (Å²) >= 11 is 0. The van der Waals surface area contributed by atoms with E-state index in [-0.39, 0.29) is 23.0 Å². The van der Waals surface area contributed by atoms with Crippen LogP contribution < -0.4 is 5.32 Å². The van der Waals surface area contributed by atoms with Crippen LogP contribution in [0.25, 0.3) is 0 Å². The van der Waals surface area contributed by atoms with E-state index in [0.29, 0.717) is 6.42 Å². The van der Waals surface area contributed by atoms with E-state index in [4.69, 9.17) is 4.74 Å². The largest absolute Gasteiger partial charge is 0.378 e. The molecule has 1 saturated heterocycles. The number of nitrogens with zero attached hydrogens (tertiary/aromatic N) is 2. The zero-order chi connectivity index (χ0) is 16.4. The zero-order valence-corrected chi connectivity index (χ0v) is 14.9. The molecule has 0 bridgehead atoms. The third kappa shape index (κ3) is 3.47. The van der Waals surface area contributed by atoms with Crippen molar-refractivity contribution in [2.24, 2.45) is 5.41 Å². The predicted molar refractivity (Wildman–Crippen MR) is 88.9 cm³/mol. The first kappa shape index (κ1) is 17.7. The Kier molecular flexibility index (Phi) is 5.51. The van der Waals surface area contributed by atoms with E-state index in [0.717, 1.165) is 45.7 Å². The molecule has 2 aliphatic rings. The highest BCUT2D eigenvalue weighted by molar-refractivity contribution is 5.76. The molecule has 128 valence electrons. The molecule has 1 saturated carbocycles. The minimum Gasteiger partial charge on any atom is -0.378 e. The number of nitrogens with one attached hydrogen (secondary N) is 1. The van der Waals surface area contributed by atoms with Crippen LogP contribution in [0.2, 0.25) is 0 Å². The van der Waals surface area contributed by atoms with E-state index in [2.05, 4.69) is 42.8 Å². The maximum atomic E-state index is 12.2. The van der Waals surface area contributed by atoms with Gasteiger partial charge in [0.2, 0.25) is 5.91 Å². The smallest absolute Gasteiger partial charge is 0.221 e. The first-order valence-corrected chi connectivity index (χ1v) is 8.61. The molecule has 22 heavy (non-hydrogen) atoms. The second-order valence-corrected chi connectivity index (χ2v) is 7.51. The Bertz CT molecular complexity index is 391. The summed E-state index contributed by atoms with van der Waals surface area (Å²) in [4.78, 5) is 17.1. The number of piperazine rings is 1. The molecular weight excluding hydrogens is 278 g/mol. The molecular formula is C17H33N3O2. The lowest BCUT2D eigenvalue weighted by atomic mass is 9.56. The molecule has 0 spiro atoms. The lowest BCUT2D eigenvalue weighted by Gasteiger charge is -2.59. The highest BCUT2D eigenvalue weighted by Gasteiger charge is 2.58. The molecule has 1 amide bonds. The second-order valence-electron chi connectivity index (χ2n) is 7.51. The molecule has 0 aromatic heterocycles. The predicted octanol–water partition coefficient (Wildman–Crippen LogP) is 1.33. The Morgan fingerprint density at radius 1 is 1.18 bits per heavy atom. The SMILES string of the molecule is CCN1CCN(CCC(=O)N[C@H]2C[C@](C)(OC)C2(C)C)CC1. The fourth-order valence-electron chi connectivity index (χ4n) is 3.58. The standard InChI is InChI=1S/C17H33N3O2/c1-6-19-9-11-20(12-10-19)8-7-15(21)18-14-13-17(4,22-5)16(14,2)3/h14H,6-13H2,1-5H3,(H,18,21)/t14-,17-/m0/s1. The number of ether oxygens (including phenoxy) is 1. The van der Waals surface area contributed by atoms with Gasteiger partial charge in [0.05, 0.1) is 5.60 Å². The number of hydrogen-bond donors (Lipinski definition) is 1. The van der Waals surface area contributed by atoms with Crippen molar-refractivity contribution < 1.29 is 9.53 Å². The third-order valence-corrected chi connectivity index (χ3v) is 6.18. The van der Waals surface area contributed by atoms with E-state index in [1.54, 1.807) is 7.11 Å². The molecule has 0 aromatic carbocycles. The Balaban J connectivity index is 1.69. The van der Waals surface area contributed by atoms with E-state index < -0.39 is 0 Å². The van der Waals surface area contributed by atoms with Gasteiger partial charge in [0.25, 0.3) is 0 Å². The first-order valence-electron chi connectivity index (χ1n) is 8.61. The summed E-state index contributed by atoms with van der Waals surface area (Å²) in [5, 5.41) is 3.20. The van der Waals surface area contributed by atoms with Gasteiger partial charge in [-0.15, -0.1) is 0 Å². The highest BCUT2D eigenvalue weighted by atomic mass is 16.5. The lowest BCUT2D eigenvalue weighted by Crippen LogP contribution is -2.68. The van der Waals surface area contributed by atoms with Crippen LogP contribution in [-0.4, -0.2) is 73.7 Å². The highest BCUT2D eigenvalue weighted by Crippen LogP contribution is 2.51. The van der Waals surface area contributed by atoms with E-state index >= 15 is 0 Å². The second kappa shape index (κ2) is 6.85. The molecule has 1 heterocycles. The zero-order valence-electron chi connectivity index (χ0n) is 14.9. The molecule has 1 N–H and O–H groups in total. The van der Waals surface area contributed by atoms with Crippen LogP contribution in [0.15, 0.2) is 0 Å². The molecule has 0 unspecified atom stereocenters. The first-order chi connectivity index (χ1) is 10.3. The number of hydrogen-bond acceptors (Lipinski definition) is 4. The fourth-order valence-corrected chi connectivity index (χ4v) is 3.58. The molecule has 0 aromatic rings. The normalized spacial score (nSPS) is 32.5. The van der Waals surface area contributed by atoms with Gasteiger partial charge >= 0.3 is 0 Å².